The number of anilines is 1. The number of methoxy groups -OCH3 is 1. The molecule has 4 heteroatoms. The third-order valence-corrected chi connectivity index (χ3v) is 4.78. The fourth-order valence-corrected chi connectivity index (χ4v) is 3.42. The maximum atomic E-state index is 5.43. The summed E-state index contributed by atoms with van der Waals surface area (Å²) >= 11 is 0. The Balaban J connectivity index is 1.92. The van der Waals surface area contributed by atoms with Gasteiger partial charge >= 0.3 is 0 Å². The Kier molecular flexibility index (Phi) is 3.89. The molecule has 24 heavy (non-hydrogen) atoms. The predicted octanol–water partition coefficient (Wildman–Crippen LogP) is 4.33. The Hall–Kier alpha value is -2.49. The predicted molar refractivity (Wildman–Crippen MR) is 98.4 cm³/mol. The first kappa shape index (κ1) is 15.1. The van der Waals surface area contributed by atoms with Gasteiger partial charge in [-0.25, -0.2) is 4.98 Å². The second kappa shape index (κ2) is 6.19. The number of hydrogen-bond donors (Lipinski definition) is 0. The number of rotatable bonds is 3. The Morgan fingerprint density at radius 2 is 1.71 bits per heavy atom. The highest BCUT2D eigenvalue weighted by Crippen LogP contribution is 2.31. The summed E-state index contributed by atoms with van der Waals surface area (Å²) in [5, 5.41) is 0. The van der Waals surface area contributed by atoms with E-state index < -0.39 is 0 Å². The van der Waals surface area contributed by atoms with Crippen LogP contribution in [0.2, 0.25) is 0 Å². The lowest BCUT2D eigenvalue weighted by molar-refractivity contribution is 0.415. The molecule has 1 saturated heterocycles. The second-order valence-corrected chi connectivity index (χ2v) is 6.49. The summed E-state index contributed by atoms with van der Waals surface area (Å²) in [6.45, 7) is 4.27. The van der Waals surface area contributed by atoms with Crippen molar-refractivity contribution in [2.24, 2.45) is 0 Å². The lowest BCUT2D eigenvalue weighted by Gasteiger charge is -2.28. The van der Waals surface area contributed by atoms with Crippen molar-refractivity contribution in [3.63, 3.8) is 0 Å². The van der Waals surface area contributed by atoms with E-state index in [1.165, 1.54) is 24.8 Å². The Morgan fingerprint density at radius 3 is 2.42 bits per heavy atom. The fourth-order valence-electron chi connectivity index (χ4n) is 3.42. The molecule has 1 aliphatic rings. The number of hydrogen-bond acceptors (Lipinski definition) is 3. The minimum atomic E-state index is 0.862. The van der Waals surface area contributed by atoms with Crippen molar-refractivity contribution in [3.8, 4) is 11.4 Å². The average molecular weight is 321 g/mol. The van der Waals surface area contributed by atoms with E-state index in [4.69, 9.17) is 9.72 Å². The minimum Gasteiger partial charge on any atom is -0.497 e. The van der Waals surface area contributed by atoms with Gasteiger partial charge in [-0.1, -0.05) is 17.7 Å². The molecule has 0 radical (unpaired) electrons. The molecule has 4 rings (SSSR count). The zero-order valence-electron chi connectivity index (χ0n) is 14.3. The van der Waals surface area contributed by atoms with Crippen LogP contribution in [-0.2, 0) is 0 Å². The van der Waals surface area contributed by atoms with E-state index in [-0.39, 0.29) is 0 Å². The molecule has 0 amide bonds. The number of piperidine rings is 1. The highest BCUT2D eigenvalue weighted by Gasteiger charge is 2.20. The van der Waals surface area contributed by atoms with Gasteiger partial charge in [0.1, 0.15) is 5.75 Å². The third-order valence-electron chi connectivity index (χ3n) is 4.78. The zero-order chi connectivity index (χ0) is 16.5. The second-order valence-electron chi connectivity index (χ2n) is 6.49. The summed E-state index contributed by atoms with van der Waals surface area (Å²) in [5.74, 6) is 1.91. The van der Waals surface area contributed by atoms with Gasteiger partial charge in [-0.3, -0.25) is 4.57 Å². The molecular formula is C20H23N3O. The fraction of sp³-hybridized carbons (Fsp3) is 0.350. The molecular weight excluding hydrogens is 298 g/mol. The maximum Gasteiger partial charge on any atom is 0.211 e. The monoisotopic (exact) mass is 321 g/mol. The summed E-state index contributed by atoms with van der Waals surface area (Å²) in [4.78, 5) is 7.36. The Morgan fingerprint density at radius 1 is 0.958 bits per heavy atom. The van der Waals surface area contributed by atoms with Gasteiger partial charge in [0.05, 0.1) is 18.1 Å². The van der Waals surface area contributed by atoms with Crippen molar-refractivity contribution in [2.45, 2.75) is 26.2 Å². The van der Waals surface area contributed by atoms with Crippen LogP contribution in [0.4, 0.5) is 5.95 Å². The summed E-state index contributed by atoms with van der Waals surface area (Å²) in [6.07, 6.45) is 3.79. The van der Waals surface area contributed by atoms with Gasteiger partial charge in [-0.05, 0) is 50.5 Å². The van der Waals surface area contributed by atoms with Crippen molar-refractivity contribution in [1.82, 2.24) is 9.55 Å². The van der Waals surface area contributed by atoms with E-state index in [2.05, 4.69) is 46.7 Å². The van der Waals surface area contributed by atoms with Gasteiger partial charge in [0.2, 0.25) is 5.95 Å². The van der Waals surface area contributed by atoms with Crippen molar-refractivity contribution >= 4 is 17.0 Å². The summed E-state index contributed by atoms with van der Waals surface area (Å²) in [5.41, 5.74) is 4.52. The summed E-state index contributed by atoms with van der Waals surface area (Å²) < 4.78 is 7.70. The van der Waals surface area contributed by atoms with Crippen molar-refractivity contribution in [3.05, 3.63) is 48.0 Å². The molecule has 4 nitrogen and oxygen atoms in total. The van der Waals surface area contributed by atoms with Crippen LogP contribution in [-0.4, -0.2) is 29.8 Å². The average Bonchev–Trinajstić information content (AvgIpc) is 3.01. The molecule has 0 atom stereocenters. The lowest BCUT2D eigenvalue weighted by atomic mass is 10.1. The normalized spacial score (nSPS) is 15.0. The van der Waals surface area contributed by atoms with Crippen LogP contribution in [0.25, 0.3) is 16.7 Å². The summed E-state index contributed by atoms with van der Waals surface area (Å²) in [6, 6.07) is 14.8. The maximum absolute atomic E-state index is 5.43. The molecule has 0 aliphatic carbocycles. The highest BCUT2D eigenvalue weighted by molar-refractivity contribution is 5.83. The Labute approximate surface area is 142 Å². The molecule has 2 heterocycles. The van der Waals surface area contributed by atoms with E-state index >= 15 is 0 Å². The zero-order valence-corrected chi connectivity index (χ0v) is 14.3. The van der Waals surface area contributed by atoms with Crippen molar-refractivity contribution < 1.29 is 4.74 Å². The summed E-state index contributed by atoms with van der Waals surface area (Å²) in [7, 11) is 1.71. The quantitative estimate of drug-likeness (QED) is 0.719. The van der Waals surface area contributed by atoms with Crippen molar-refractivity contribution in [1.29, 1.82) is 0 Å². The highest BCUT2D eigenvalue weighted by atomic mass is 16.5. The molecule has 124 valence electrons. The van der Waals surface area contributed by atoms with Crippen LogP contribution in [0.15, 0.2) is 42.5 Å². The molecule has 1 fully saturated rings. The van der Waals surface area contributed by atoms with Gasteiger partial charge < -0.3 is 9.64 Å². The number of aryl methyl sites for hydroxylation is 1. The van der Waals surface area contributed by atoms with Crippen LogP contribution in [0.3, 0.4) is 0 Å². The number of benzene rings is 2. The lowest BCUT2D eigenvalue weighted by Crippen LogP contribution is -2.31. The molecule has 0 spiro atoms. The number of imidazole rings is 1. The number of ether oxygens (including phenoxy) is 1. The topological polar surface area (TPSA) is 30.3 Å². The van der Waals surface area contributed by atoms with E-state index in [0.717, 1.165) is 41.5 Å². The molecule has 2 aromatic carbocycles. The van der Waals surface area contributed by atoms with Gasteiger partial charge in [-0.2, -0.15) is 0 Å². The van der Waals surface area contributed by atoms with Crippen LogP contribution in [0.5, 0.6) is 5.75 Å². The first-order chi connectivity index (χ1) is 11.8. The van der Waals surface area contributed by atoms with E-state index in [1.807, 2.05) is 12.1 Å². The first-order valence-electron chi connectivity index (χ1n) is 8.65. The Bertz CT molecular complexity index is 845. The third kappa shape index (κ3) is 2.62. The molecule has 0 saturated carbocycles. The standard InChI is InChI=1S/C20H23N3O/c1-15-6-8-16(9-7-15)23-19-14-17(24-2)10-11-18(19)21-20(23)22-12-4-3-5-13-22/h6-11,14H,3-5,12-13H2,1-2H3. The van der Waals surface area contributed by atoms with Gasteiger partial charge in [0, 0.05) is 24.8 Å². The van der Waals surface area contributed by atoms with E-state index in [1.54, 1.807) is 7.11 Å². The molecule has 1 aromatic heterocycles. The molecule has 0 unspecified atom stereocenters. The number of fused-ring (bicyclic) bond motifs is 1. The molecule has 3 aromatic rings. The van der Waals surface area contributed by atoms with Crippen LogP contribution < -0.4 is 9.64 Å². The van der Waals surface area contributed by atoms with Crippen LogP contribution in [0.1, 0.15) is 24.8 Å². The van der Waals surface area contributed by atoms with E-state index in [9.17, 15) is 0 Å². The molecule has 0 N–H and O–H groups in total. The molecule has 1 aliphatic heterocycles. The largest absolute Gasteiger partial charge is 0.497 e. The smallest absolute Gasteiger partial charge is 0.211 e. The number of nitrogens with zero attached hydrogens (tertiary/aromatic N) is 3. The first-order valence-corrected chi connectivity index (χ1v) is 8.65. The van der Waals surface area contributed by atoms with Gasteiger partial charge in [-0.15, -0.1) is 0 Å². The van der Waals surface area contributed by atoms with Gasteiger partial charge in [0.25, 0.3) is 0 Å². The van der Waals surface area contributed by atoms with E-state index in [0.29, 0.717) is 0 Å². The number of aromatic nitrogens is 2. The van der Waals surface area contributed by atoms with Crippen molar-refractivity contribution in [2.75, 3.05) is 25.1 Å². The van der Waals surface area contributed by atoms with Crippen LogP contribution in [0, 0.1) is 6.92 Å². The SMILES string of the molecule is COc1ccc2nc(N3CCCCC3)n(-c3ccc(C)cc3)c2c1. The minimum absolute atomic E-state index is 0.862. The molecule has 0 bridgehead atoms. The van der Waals surface area contributed by atoms with Gasteiger partial charge in [0.15, 0.2) is 0 Å². The van der Waals surface area contributed by atoms with Crippen LogP contribution >= 0.6 is 0 Å².